The monoisotopic (exact) mass is 471 g/mol. The van der Waals surface area contributed by atoms with Crippen LogP contribution in [0.3, 0.4) is 0 Å². The summed E-state index contributed by atoms with van der Waals surface area (Å²) in [5.74, 6) is 0.696. The Morgan fingerprint density at radius 3 is 2.73 bits per heavy atom. The molecule has 0 bridgehead atoms. The molecule has 0 radical (unpaired) electrons. The minimum Gasteiger partial charge on any atom is -0.486 e. The first-order chi connectivity index (χ1) is 14.5. The van der Waals surface area contributed by atoms with Gasteiger partial charge in [0, 0.05) is 10.2 Å². The number of rotatable bonds is 6. The largest absolute Gasteiger partial charge is 0.486 e. The minimum absolute atomic E-state index is 0.105. The van der Waals surface area contributed by atoms with Gasteiger partial charge in [-0.3, -0.25) is 4.79 Å². The average molecular weight is 472 g/mol. The Morgan fingerprint density at radius 1 is 1.20 bits per heavy atom. The second-order valence-electron chi connectivity index (χ2n) is 6.27. The third-order valence-electron chi connectivity index (χ3n) is 4.14. The molecule has 2 aromatic heterocycles. The topological polar surface area (TPSA) is 95.1 Å². The van der Waals surface area contributed by atoms with E-state index in [1.165, 1.54) is 22.9 Å². The van der Waals surface area contributed by atoms with Crippen LogP contribution in [-0.4, -0.2) is 26.1 Å². The van der Waals surface area contributed by atoms with Gasteiger partial charge in [-0.1, -0.05) is 15.9 Å². The number of hydrogen-bond donors (Lipinski definition) is 1. The van der Waals surface area contributed by atoms with Gasteiger partial charge in [0.2, 0.25) is 0 Å². The van der Waals surface area contributed by atoms with Crippen molar-refractivity contribution in [3.05, 3.63) is 82.2 Å². The van der Waals surface area contributed by atoms with Crippen LogP contribution in [0.1, 0.15) is 22.1 Å². The molecule has 0 unspecified atom stereocenters. The van der Waals surface area contributed by atoms with E-state index in [2.05, 4.69) is 36.8 Å². The Morgan fingerprint density at radius 2 is 2.00 bits per heavy atom. The molecule has 0 aliphatic heterocycles. The number of ether oxygens (including phenoxy) is 1. The van der Waals surface area contributed by atoms with Crippen molar-refractivity contribution < 1.29 is 18.3 Å². The molecule has 1 amide bonds. The number of tetrazole rings is 1. The minimum atomic E-state index is -0.520. The summed E-state index contributed by atoms with van der Waals surface area (Å²) in [5, 5.41) is 13.7. The van der Waals surface area contributed by atoms with Crippen LogP contribution >= 0.6 is 15.9 Å². The smallest absolute Gasteiger partial charge is 0.291 e. The molecule has 0 saturated carbocycles. The van der Waals surface area contributed by atoms with E-state index in [1.807, 2.05) is 24.3 Å². The number of anilines is 1. The molecule has 2 aromatic carbocycles. The fourth-order valence-corrected chi connectivity index (χ4v) is 2.93. The zero-order valence-electron chi connectivity index (χ0n) is 15.7. The number of aryl methyl sites for hydroxylation is 1. The zero-order chi connectivity index (χ0) is 21.1. The Kier molecular flexibility index (Phi) is 5.57. The summed E-state index contributed by atoms with van der Waals surface area (Å²) in [7, 11) is 0. The number of halogens is 2. The first-order valence-electron chi connectivity index (χ1n) is 8.83. The van der Waals surface area contributed by atoms with E-state index in [-0.39, 0.29) is 18.1 Å². The molecule has 0 saturated heterocycles. The van der Waals surface area contributed by atoms with Crippen LogP contribution in [0.5, 0.6) is 5.75 Å². The van der Waals surface area contributed by atoms with Crippen molar-refractivity contribution in [2.45, 2.75) is 13.5 Å². The number of nitrogens with zero attached hydrogens (tertiary/aromatic N) is 4. The van der Waals surface area contributed by atoms with Gasteiger partial charge in [0.1, 0.15) is 29.6 Å². The Hall–Kier alpha value is -3.53. The van der Waals surface area contributed by atoms with Gasteiger partial charge in [-0.25, -0.2) is 4.39 Å². The molecule has 0 atom stereocenters. The molecule has 152 valence electrons. The number of nitrogens with one attached hydrogen (secondary N) is 1. The first kappa shape index (κ1) is 19.8. The van der Waals surface area contributed by atoms with E-state index in [9.17, 15) is 9.18 Å². The molecule has 8 nitrogen and oxygen atoms in total. The Labute approximate surface area is 178 Å². The van der Waals surface area contributed by atoms with Crippen LogP contribution in [0.15, 0.2) is 63.5 Å². The van der Waals surface area contributed by atoms with Gasteiger partial charge in [-0.15, -0.1) is 5.10 Å². The zero-order valence-corrected chi connectivity index (χ0v) is 17.3. The molecule has 0 aliphatic carbocycles. The van der Waals surface area contributed by atoms with Gasteiger partial charge in [-0.2, -0.15) is 4.68 Å². The van der Waals surface area contributed by atoms with Gasteiger partial charge < -0.3 is 14.5 Å². The molecule has 1 N–H and O–H groups in total. The van der Waals surface area contributed by atoms with Crippen molar-refractivity contribution in [2.75, 3.05) is 5.32 Å². The third kappa shape index (κ3) is 4.38. The van der Waals surface area contributed by atoms with E-state index in [0.717, 1.165) is 4.47 Å². The van der Waals surface area contributed by atoms with Crippen LogP contribution in [-0.2, 0) is 6.61 Å². The lowest BCUT2D eigenvalue weighted by Gasteiger charge is -2.08. The van der Waals surface area contributed by atoms with E-state index in [4.69, 9.17) is 9.15 Å². The molecule has 0 aliphatic rings. The van der Waals surface area contributed by atoms with E-state index in [1.54, 1.807) is 19.1 Å². The number of hydrogen-bond acceptors (Lipinski definition) is 6. The maximum atomic E-state index is 14.2. The Balaban J connectivity index is 1.43. The summed E-state index contributed by atoms with van der Waals surface area (Å²) in [6.07, 6.45) is 0. The highest BCUT2D eigenvalue weighted by Gasteiger charge is 2.15. The quantitative estimate of drug-likeness (QED) is 0.450. The van der Waals surface area contributed by atoms with Gasteiger partial charge in [0.25, 0.3) is 5.91 Å². The fourth-order valence-electron chi connectivity index (χ4n) is 2.66. The van der Waals surface area contributed by atoms with Gasteiger partial charge in [0.15, 0.2) is 11.6 Å². The molecule has 2 heterocycles. The highest BCUT2D eigenvalue weighted by atomic mass is 79.9. The van der Waals surface area contributed by atoms with Crippen LogP contribution < -0.4 is 10.1 Å². The highest BCUT2D eigenvalue weighted by Crippen LogP contribution is 2.21. The maximum absolute atomic E-state index is 14.2. The lowest BCUT2D eigenvalue weighted by molar-refractivity contribution is 0.0992. The summed E-state index contributed by atoms with van der Waals surface area (Å²) in [6.45, 7) is 1.82. The standard InChI is InChI=1S/C20H15BrFN5O3/c1-12-24-25-26-27(12)18-10-14(4-8-17(18)22)23-20(28)19-9-7-16(30-19)11-29-15-5-2-13(21)3-6-15/h2-10H,11H2,1H3,(H,23,28). The normalized spacial score (nSPS) is 10.8. The summed E-state index contributed by atoms with van der Waals surface area (Å²) in [4.78, 5) is 12.5. The second-order valence-corrected chi connectivity index (χ2v) is 7.18. The number of aromatic nitrogens is 4. The highest BCUT2D eigenvalue weighted by molar-refractivity contribution is 9.10. The number of carbonyl (C=O) groups excluding carboxylic acids is 1. The average Bonchev–Trinajstić information content (AvgIpc) is 3.38. The summed E-state index contributed by atoms with van der Waals surface area (Å²) in [5.41, 5.74) is 0.494. The summed E-state index contributed by atoms with van der Waals surface area (Å²) in [6, 6.07) is 14.7. The van der Waals surface area contributed by atoms with Crippen LogP contribution in [0.4, 0.5) is 10.1 Å². The fraction of sp³-hybridized carbons (Fsp3) is 0.100. The van der Waals surface area contributed by atoms with Gasteiger partial charge in [-0.05, 0) is 71.9 Å². The molecule has 4 rings (SSSR count). The van der Waals surface area contributed by atoms with Crippen molar-refractivity contribution in [3.63, 3.8) is 0 Å². The van der Waals surface area contributed by atoms with Crippen molar-refractivity contribution in [2.24, 2.45) is 0 Å². The number of benzene rings is 2. The van der Waals surface area contributed by atoms with Crippen molar-refractivity contribution in [1.82, 2.24) is 20.2 Å². The van der Waals surface area contributed by atoms with Crippen LogP contribution in [0.25, 0.3) is 5.69 Å². The molecule has 0 fully saturated rings. The lowest BCUT2D eigenvalue weighted by atomic mass is 10.2. The predicted octanol–water partition coefficient (Wildman–Crippen LogP) is 4.30. The molecule has 0 spiro atoms. The van der Waals surface area contributed by atoms with Crippen molar-refractivity contribution in [3.8, 4) is 11.4 Å². The van der Waals surface area contributed by atoms with Crippen molar-refractivity contribution in [1.29, 1.82) is 0 Å². The van der Waals surface area contributed by atoms with Gasteiger partial charge in [0.05, 0.1) is 0 Å². The molecule has 4 aromatic rings. The molecule has 10 heteroatoms. The second kappa shape index (κ2) is 8.46. The van der Waals surface area contributed by atoms with Crippen LogP contribution in [0, 0.1) is 12.7 Å². The van der Waals surface area contributed by atoms with E-state index in [0.29, 0.717) is 23.0 Å². The number of furan rings is 1. The Bertz CT molecular complexity index is 1190. The number of amides is 1. The lowest BCUT2D eigenvalue weighted by Crippen LogP contribution is -2.12. The maximum Gasteiger partial charge on any atom is 0.291 e. The van der Waals surface area contributed by atoms with E-state index < -0.39 is 11.7 Å². The van der Waals surface area contributed by atoms with Gasteiger partial charge >= 0.3 is 0 Å². The first-order valence-corrected chi connectivity index (χ1v) is 9.62. The number of carbonyl (C=O) groups is 1. The predicted molar refractivity (Wildman–Crippen MR) is 109 cm³/mol. The third-order valence-corrected chi connectivity index (χ3v) is 4.67. The van der Waals surface area contributed by atoms with Crippen molar-refractivity contribution >= 4 is 27.5 Å². The van der Waals surface area contributed by atoms with E-state index >= 15 is 0 Å². The SMILES string of the molecule is Cc1nnnn1-c1cc(NC(=O)c2ccc(COc3ccc(Br)cc3)o2)ccc1F. The van der Waals surface area contributed by atoms with Crippen LogP contribution in [0.2, 0.25) is 0 Å². The summed E-state index contributed by atoms with van der Waals surface area (Å²) < 4.78 is 27.5. The molecular weight excluding hydrogens is 457 g/mol. The summed E-state index contributed by atoms with van der Waals surface area (Å²) >= 11 is 3.36. The molecular formula is C20H15BrFN5O3. The molecule has 30 heavy (non-hydrogen) atoms.